The Kier molecular flexibility index (Phi) is 8.19. The van der Waals surface area contributed by atoms with Crippen molar-refractivity contribution in [3.8, 4) is 6.07 Å². The van der Waals surface area contributed by atoms with Crippen molar-refractivity contribution in [1.82, 2.24) is 10.2 Å². The zero-order chi connectivity index (χ0) is 22.9. The lowest BCUT2D eigenvalue weighted by molar-refractivity contribution is 0.0908. The average molecular weight is 456 g/mol. The average Bonchev–Trinajstić information content (AvgIpc) is 2.88. The molecule has 3 aromatic carbocycles. The zero-order valence-corrected chi connectivity index (χ0v) is 19.6. The van der Waals surface area contributed by atoms with E-state index in [-0.39, 0.29) is 11.9 Å². The molecule has 1 aliphatic heterocycles. The number of likely N-dealkylation sites (tertiary alicyclic amines) is 1. The van der Waals surface area contributed by atoms with Gasteiger partial charge in [-0.15, -0.1) is 11.8 Å². The Hall–Kier alpha value is -3.07. The third-order valence-corrected chi connectivity index (χ3v) is 7.24. The van der Waals surface area contributed by atoms with E-state index < -0.39 is 0 Å². The summed E-state index contributed by atoms with van der Waals surface area (Å²) in [5.41, 5.74) is 3.91. The van der Waals surface area contributed by atoms with Crippen LogP contribution in [0.15, 0.2) is 83.8 Å². The molecule has 1 amide bonds. The van der Waals surface area contributed by atoms with Crippen molar-refractivity contribution in [3.63, 3.8) is 0 Å². The van der Waals surface area contributed by atoms with Gasteiger partial charge in [-0.2, -0.15) is 5.26 Å². The number of hydrogen-bond acceptors (Lipinski definition) is 4. The Bertz CT molecular complexity index is 1080. The molecule has 0 saturated carbocycles. The molecule has 0 aromatic heterocycles. The first-order valence-electron chi connectivity index (χ1n) is 11.5. The summed E-state index contributed by atoms with van der Waals surface area (Å²) in [6, 6.07) is 28.4. The second kappa shape index (κ2) is 11.7. The monoisotopic (exact) mass is 455 g/mol. The van der Waals surface area contributed by atoms with Crippen molar-refractivity contribution in [1.29, 1.82) is 5.26 Å². The Morgan fingerprint density at radius 1 is 0.939 bits per heavy atom. The Labute approximate surface area is 200 Å². The molecule has 3 aromatic rings. The fourth-order valence-corrected chi connectivity index (χ4v) is 5.12. The van der Waals surface area contributed by atoms with Crippen LogP contribution in [-0.2, 0) is 12.2 Å². The lowest BCUT2D eigenvalue weighted by atomic mass is 10.0. The number of benzene rings is 3. The van der Waals surface area contributed by atoms with E-state index in [1.54, 1.807) is 11.8 Å². The van der Waals surface area contributed by atoms with Gasteiger partial charge >= 0.3 is 0 Å². The molecule has 0 unspecified atom stereocenters. The molecule has 0 spiro atoms. The van der Waals surface area contributed by atoms with E-state index in [1.807, 2.05) is 48.5 Å². The Balaban J connectivity index is 1.27. The number of amides is 1. The molecule has 1 heterocycles. The van der Waals surface area contributed by atoms with Crippen LogP contribution in [0.1, 0.15) is 39.9 Å². The quantitative estimate of drug-likeness (QED) is 0.469. The molecule has 168 valence electrons. The van der Waals surface area contributed by atoms with Crippen LogP contribution < -0.4 is 5.32 Å². The Morgan fingerprint density at radius 3 is 2.36 bits per heavy atom. The molecule has 0 radical (unpaired) electrons. The van der Waals surface area contributed by atoms with Crippen molar-refractivity contribution in [2.75, 3.05) is 19.6 Å². The third kappa shape index (κ3) is 6.71. The van der Waals surface area contributed by atoms with Gasteiger partial charge in [0, 0.05) is 36.3 Å². The number of thioether (sulfide) groups is 1. The fourth-order valence-electron chi connectivity index (χ4n) is 4.11. The number of nitrogens with one attached hydrogen (secondary N) is 1. The van der Waals surface area contributed by atoms with E-state index in [0.29, 0.717) is 5.56 Å². The van der Waals surface area contributed by atoms with Crippen LogP contribution in [0, 0.1) is 11.3 Å². The highest BCUT2D eigenvalue weighted by Crippen LogP contribution is 2.27. The summed E-state index contributed by atoms with van der Waals surface area (Å²) in [6.07, 6.45) is 3.05. The molecule has 5 heteroatoms. The maximum atomic E-state index is 13.0. The van der Waals surface area contributed by atoms with Crippen LogP contribution in [-0.4, -0.2) is 36.5 Å². The SMILES string of the molecule is N#Cc1ccc(CSc2ccccc2C(=O)NC2CCN(CCc3ccccc3)CC2)cc1. The van der Waals surface area contributed by atoms with E-state index in [1.165, 1.54) is 5.56 Å². The zero-order valence-electron chi connectivity index (χ0n) is 18.7. The van der Waals surface area contributed by atoms with Gasteiger partial charge < -0.3 is 10.2 Å². The predicted octanol–water partition coefficient (Wildman–Crippen LogP) is 5.29. The third-order valence-electron chi connectivity index (χ3n) is 6.09. The molecular weight excluding hydrogens is 426 g/mol. The second-order valence-electron chi connectivity index (χ2n) is 8.42. The van der Waals surface area contributed by atoms with E-state index in [9.17, 15) is 4.79 Å². The molecule has 1 aliphatic rings. The van der Waals surface area contributed by atoms with Gasteiger partial charge in [-0.25, -0.2) is 0 Å². The van der Waals surface area contributed by atoms with Crippen LogP contribution in [0.4, 0.5) is 0 Å². The maximum absolute atomic E-state index is 13.0. The molecule has 33 heavy (non-hydrogen) atoms. The first kappa shape index (κ1) is 23.1. The number of piperidine rings is 1. The first-order valence-corrected chi connectivity index (χ1v) is 12.5. The summed E-state index contributed by atoms with van der Waals surface area (Å²) in [4.78, 5) is 16.5. The molecule has 0 aliphatic carbocycles. The fraction of sp³-hybridized carbons (Fsp3) is 0.286. The number of nitriles is 1. The summed E-state index contributed by atoms with van der Waals surface area (Å²) in [6.45, 7) is 3.11. The molecule has 1 N–H and O–H groups in total. The number of hydrogen-bond donors (Lipinski definition) is 1. The Morgan fingerprint density at radius 2 is 1.64 bits per heavy atom. The normalized spacial score (nSPS) is 14.5. The minimum absolute atomic E-state index is 0.0145. The van der Waals surface area contributed by atoms with E-state index in [4.69, 9.17) is 5.26 Å². The topological polar surface area (TPSA) is 56.1 Å². The van der Waals surface area contributed by atoms with Gasteiger partial charge in [0.15, 0.2) is 0 Å². The van der Waals surface area contributed by atoms with E-state index in [2.05, 4.69) is 46.6 Å². The van der Waals surface area contributed by atoms with Crippen LogP contribution in [0.3, 0.4) is 0 Å². The summed E-state index contributed by atoms with van der Waals surface area (Å²) in [5.74, 6) is 0.774. The van der Waals surface area contributed by atoms with E-state index in [0.717, 1.165) is 60.7 Å². The van der Waals surface area contributed by atoms with Crippen LogP contribution in [0.2, 0.25) is 0 Å². The highest BCUT2D eigenvalue weighted by Gasteiger charge is 2.22. The van der Waals surface area contributed by atoms with Gasteiger partial charge in [-0.3, -0.25) is 4.79 Å². The van der Waals surface area contributed by atoms with Crippen molar-refractivity contribution < 1.29 is 4.79 Å². The summed E-state index contributed by atoms with van der Waals surface area (Å²) in [5, 5.41) is 12.2. The van der Waals surface area contributed by atoms with E-state index >= 15 is 0 Å². The molecule has 0 bridgehead atoms. The summed E-state index contributed by atoms with van der Waals surface area (Å²) < 4.78 is 0. The summed E-state index contributed by atoms with van der Waals surface area (Å²) >= 11 is 1.66. The number of nitrogens with zero attached hydrogens (tertiary/aromatic N) is 2. The smallest absolute Gasteiger partial charge is 0.252 e. The second-order valence-corrected chi connectivity index (χ2v) is 9.44. The van der Waals surface area contributed by atoms with Crippen molar-refractivity contribution in [3.05, 3.63) is 101 Å². The minimum atomic E-state index is 0.0145. The van der Waals surface area contributed by atoms with Gasteiger partial charge in [-0.1, -0.05) is 54.6 Å². The predicted molar refractivity (Wildman–Crippen MR) is 134 cm³/mol. The van der Waals surface area contributed by atoms with Crippen LogP contribution in [0.5, 0.6) is 0 Å². The van der Waals surface area contributed by atoms with Gasteiger partial charge in [0.2, 0.25) is 0 Å². The lowest BCUT2D eigenvalue weighted by Gasteiger charge is -2.32. The maximum Gasteiger partial charge on any atom is 0.252 e. The van der Waals surface area contributed by atoms with Crippen LogP contribution in [0.25, 0.3) is 0 Å². The van der Waals surface area contributed by atoms with Crippen molar-refractivity contribution >= 4 is 17.7 Å². The lowest BCUT2D eigenvalue weighted by Crippen LogP contribution is -2.45. The number of rotatable bonds is 8. The van der Waals surface area contributed by atoms with Crippen molar-refractivity contribution in [2.24, 2.45) is 0 Å². The van der Waals surface area contributed by atoms with Gasteiger partial charge in [0.25, 0.3) is 5.91 Å². The number of carbonyl (C=O) groups is 1. The molecule has 0 atom stereocenters. The van der Waals surface area contributed by atoms with Gasteiger partial charge in [-0.05, 0) is 54.7 Å². The highest BCUT2D eigenvalue weighted by atomic mass is 32.2. The van der Waals surface area contributed by atoms with Gasteiger partial charge in [0.1, 0.15) is 0 Å². The number of carbonyl (C=O) groups excluding carboxylic acids is 1. The van der Waals surface area contributed by atoms with Gasteiger partial charge in [0.05, 0.1) is 17.2 Å². The standard InChI is InChI=1S/C28H29N3OS/c29-20-23-10-12-24(13-11-23)21-33-27-9-5-4-8-26(27)28(32)30-25-15-18-31(19-16-25)17-14-22-6-2-1-3-7-22/h1-13,25H,14-19,21H2,(H,30,32). The molecule has 1 fully saturated rings. The molecule has 1 saturated heterocycles. The highest BCUT2D eigenvalue weighted by molar-refractivity contribution is 7.98. The molecule has 4 rings (SSSR count). The minimum Gasteiger partial charge on any atom is -0.349 e. The summed E-state index contributed by atoms with van der Waals surface area (Å²) in [7, 11) is 0. The first-order chi connectivity index (χ1) is 16.2. The molecular formula is C28H29N3OS. The van der Waals surface area contributed by atoms with Crippen LogP contribution >= 0.6 is 11.8 Å². The van der Waals surface area contributed by atoms with Crippen molar-refractivity contribution in [2.45, 2.75) is 36.0 Å². The molecule has 4 nitrogen and oxygen atoms in total. The largest absolute Gasteiger partial charge is 0.349 e.